The molecule has 0 saturated carbocycles. The summed E-state index contributed by atoms with van der Waals surface area (Å²) in [6.45, 7) is 10.6. The summed E-state index contributed by atoms with van der Waals surface area (Å²) in [5.41, 5.74) is -0.440. The highest BCUT2D eigenvalue weighted by atomic mass is 16.6. The summed E-state index contributed by atoms with van der Waals surface area (Å²) in [6, 6.07) is 0. The van der Waals surface area contributed by atoms with Crippen LogP contribution in [0.25, 0.3) is 0 Å². The first kappa shape index (κ1) is 16.2. The van der Waals surface area contributed by atoms with Crippen LogP contribution in [0.15, 0.2) is 0 Å². The number of rotatable bonds is 7. The van der Waals surface area contributed by atoms with Crippen molar-refractivity contribution in [3.05, 3.63) is 0 Å². The summed E-state index contributed by atoms with van der Waals surface area (Å²) in [5.74, 6) is 0.474. The number of amides is 1. The number of carbonyl (C=O) groups excluding carboxylic acids is 1. The predicted molar refractivity (Wildman–Crippen MR) is 68.1 cm³/mol. The van der Waals surface area contributed by atoms with Crippen LogP contribution in [0.3, 0.4) is 0 Å². The van der Waals surface area contributed by atoms with E-state index in [4.69, 9.17) is 9.47 Å². The van der Waals surface area contributed by atoms with Crippen molar-refractivity contribution in [3.63, 3.8) is 0 Å². The Bertz CT molecular complexity index is 214. The lowest BCUT2D eigenvalue weighted by atomic mass is 10.2. The van der Waals surface area contributed by atoms with E-state index in [9.17, 15) is 4.79 Å². The molecule has 0 aliphatic heterocycles. The SMILES string of the molecule is COCC(C)CNCCNC(=O)OC(C)(C)C. The van der Waals surface area contributed by atoms with E-state index < -0.39 is 5.60 Å². The molecular formula is C12H26N2O3. The molecule has 0 aromatic rings. The molecule has 0 aliphatic rings. The summed E-state index contributed by atoms with van der Waals surface area (Å²) in [5, 5.41) is 5.93. The molecule has 102 valence electrons. The molecule has 0 aromatic heterocycles. The molecule has 0 heterocycles. The maximum absolute atomic E-state index is 11.3. The fourth-order valence-corrected chi connectivity index (χ4v) is 1.26. The predicted octanol–water partition coefficient (Wildman–Crippen LogP) is 1.38. The van der Waals surface area contributed by atoms with Gasteiger partial charge in [-0.2, -0.15) is 0 Å². The van der Waals surface area contributed by atoms with Gasteiger partial charge in [0.1, 0.15) is 5.60 Å². The third kappa shape index (κ3) is 11.5. The van der Waals surface area contributed by atoms with Crippen molar-refractivity contribution in [1.29, 1.82) is 0 Å². The molecule has 1 atom stereocenters. The topological polar surface area (TPSA) is 59.6 Å². The molecular weight excluding hydrogens is 220 g/mol. The molecule has 1 amide bonds. The molecule has 2 N–H and O–H groups in total. The normalized spacial score (nSPS) is 13.2. The molecule has 0 radical (unpaired) electrons. The number of ether oxygens (including phenoxy) is 2. The van der Waals surface area contributed by atoms with Gasteiger partial charge in [-0.15, -0.1) is 0 Å². The maximum atomic E-state index is 11.3. The largest absolute Gasteiger partial charge is 0.444 e. The second-order valence-electron chi connectivity index (χ2n) is 5.19. The van der Waals surface area contributed by atoms with Crippen LogP contribution in [0, 0.1) is 5.92 Å². The Morgan fingerprint density at radius 1 is 1.29 bits per heavy atom. The third-order valence-electron chi connectivity index (χ3n) is 1.91. The summed E-state index contributed by atoms with van der Waals surface area (Å²) in [7, 11) is 1.69. The van der Waals surface area contributed by atoms with Gasteiger partial charge in [0.25, 0.3) is 0 Å². The lowest BCUT2D eigenvalue weighted by Crippen LogP contribution is -2.37. The van der Waals surface area contributed by atoms with Crippen molar-refractivity contribution in [2.45, 2.75) is 33.3 Å². The second kappa shape index (κ2) is 8.31. The van der Waals surface area contributed by atoms with E-state index in [2.05, 4.69) is 17.6 Å². The number of hydrogen-bond acceptors (Lipinski definition) is 4. The number of methoxy groups -OCH3 is 1. The fourth-order valence-electron chi connectivity index (χ4n) is 1.26. The standard InChI is InChI=1S/C12H26N2O3/c1-10(9-16-5)8-13-6-7-14-11(15)17-12(2,3)4/h10,13H,6-9H2,1-5H3,(H,14,15). The lowest BCUT2D eigenvalue weighted by Gasteiger charge is -2.19. The minimum Gasteiger partial charge on any atom is -0.444 e. The Balaban J connectivity index is 3.43. The summed E-state index contributed by atoms with van der Waals surface area (Å²) in [6.07, 6.45) is -0.371. The number of alkyl carbamates (subject to hydrolysis) is 1. The van der Waals surface area contributed by atoms with Gasteiger partial charge < -0.3 is 20.1 Å². The quantitative estimate of drug-likeness (QED) is 0.666. The molecule has 0 aliphatic carbocycles. The molecule has 0 spiro atoms. The third-order valence-corrected chi connectivity index (χ3v) is 1.91. The first-order valence-electron chi connectivity index (χ1n) is 6.01. The van der Waals surface area contributed by atoms with Gasteiger partial charge in [-0.3, -0.25) is 0 Å². The Morgan fingerprint density at radius 3 is 2.47 bits per heavy atom. The zero-order valence-electron chi connectivity index (χ0n) is 11.6. The van der Waals surface area contributed by atoms with Crippen LogP contribution in [0.1, 0.15) is 27.7 Å². The van der Waals surface area contributed by atoms with Gasteiger partial charge >= 0.3 is 6.09 Å². The smallest absolute Gasteiger partial charge is 0.407 e. The molecule has 0 saturated heterocycles. The average molecular weight is 246 g/mol. The van der Waals surface area contributed by atoms with Gasteiger partial charge in [-0.1, -0.05) is 6.92 Å². The van der Waals surface area contributed by atoms with Crippen molar-refractivity contribution in [3.8, 4) is 0 Å². The van der Waals surface area contributed by atoms with Gasteiger partial charge in [0.15, 0.2) is 0 Å². The number of hydrogen-bond donors (Lipinski definition) is 2. The molecule has 0 rings (SSSR count). The molecule has 0 bridgehead atoms. The van der Waals surface area contributed by atoms with Gasteiger partial charge in [0.2, 0.25) is 0 Å². The van der Waals surface area contributed by atoms with E-state index in [1.807, 2.05) is 20.8 Å². The van der Waals surface area contributed by atoms with Crippen LogP contribution < -0.4 is 10.6 Å². The van der Waals surface area contributed by atoms with Crippen molar-refractivity contribution < 1.29 is 14.3 Å². The molecule has 5 nitrogen and oxygen atoms in total. The van der Waals surface area contributed by atoms with Crippen LogP contribution in [-0.2, 0) is 9.47 Å². The number of nitrogens with one attached hydrogen (secondary N) is 2. The highest BCUT2D eigenvalue weighted by Crippen LogP contribution is 2.05. The molecule has 1 unspecified atom stereocenters. The first-order valence-corrected chi connectivity index (χ1v) is 6.01. The van der Waals surface area contributed by atoms with Gasteiger partial charge in [-0.25, -0.2) is 4.79 Å². The van der Waals surface area contributed by atoms with E-state index in [0.717, 1.165) is 19.7 Å². The van der Waals surface area contributed by atoms with Gasteiger partial charge in [-0.05, 0) is 33.2 Å². The van der Waals surface area contributed by atoms with E-state index >= 15 is 0 Å². The Kier molecular flexibility index (Phi) is 7.91. The van der Waals surface area contributed by atoms with E-state index in [0.29, 0.717) is 12.5 Å². The zero-order chi connectivity index (χ0) is 13.3. The van der Waals surface area contributed by atoms with E-state index in [1.54, 1.807) is 7.11 Å². The van der Waals surface area contributed by atoms with Crippen LogP contribution in [0.5, 0.6) is 0 Å². The minimum absolute atomic E-state index is 0.371. The highest BCUT2D eigenvalue weighted by molar-refractivity contribution is 5.67. The van der Waals surface area contributed by atoms with Crippen LogP contribution in [-0.4, -0.2) is 45.0 Å². The lowest BCUT2D eigenvalue weighted by molar-refractivity contribution is 0.0528. The fraction of sp³-hybridized carbons (Fsp3) is 0.917. The van der Waals surface area contributed by atoms with Crippen molar-refractivity contribution in [1.82, 2.24) is 10.6 Å². The van der Waals surface area contributed by atoms with E-state index in [1.165, 1.54) is 0 Å². The Morgan fingerprint density at radius 2 is 1.94 bits per heavy atom. The Hall–Kier alpha value is -0.810. The second-order valence-corrected chi connectivity index (χ2v) is 5.19. The maximum Gasteiger partial charge on any atom is 0.407 e. The molecule has 17 heavy (non-hydrogen) atoms. The van der Waals surface area contributed by atoms with Crippen molar-refractivity contribution in [2.75, 3.05) is 33.4 Å². The van der Waals surface area contributed by atoms with Gasteiger partial charge in [0, 0.05) is 26.8 Å². The zero-order valence-corrected chi connectivity index (χ0v) is 11.6. The van der Waals surface area contributed by atoms with Crippen LogP contribution >= 0.6 is 0 Å². The van der Waals surface area contributed by atoms with Crippen LogP contribution in [0.2, 0.25) is 0 Å². The highest BCUT2D eigenvalue weighted by Gasteiger charge is 2.15. The molecule has 5 heteroatoms. The van der Waals surface area contributed by atoms with Crippen molar-refractivity contribution in [2.24, 2.45) is 5.92 Å². The van der Waals surface area contributed by atoms with Crippen LogP contribution in [0.4, 0.5) is 4.79 Å². The molecule has 0 aromatic carbocycles. The average Bonchev–Trinajstić information content (AvgIpc) is 2.14. The summed E-state index contributed by atoms with van der Waals surface area (Å²) >= 11 is 0. The van der Waals surface area contributed by atoms with E-state index in [-0.39, 0.29) is 6.09 Å². The summed E-state index contributed by atoms with van der Waals surface area (Å²) in [4.78, 5) is 11.3. The number of carbonyl (C=O) groups is 1. The Labute approximate surface area is 104 Å². The van der Waals surface area contributed by atoms with Crippen molar-refractivity contribution >= 4 is 6.09 Å². The first-order chi connectivity index (χ1) is 7.85. The minimum atomic E-state index is -0.440. The molecule has 0 fully saturated rings. The monoisotopic (exact) mass is 246 g/mol. The summed E-state index contributed by atoms with van der Waals surface area (Å²) < 4.78 is 10.1. The van der Waals surface area contributed by atoms with Gasteiger partial charge in [0.05, 0.1) is 0 Å².